The van der Waals surface area contributed by atoms with Crippen LogP contribution in [0.5, 0.6) is 0 Å². The summed E-state index contributed by atoms with van der Waals surface area (Å²) in [5.41, 5.74) is 2.59. The van der Waals surface area contributed by atoms with Crippen molar-refractivity contribution in [2.24, 2.45) is 4.99 Å². The van der Waals surface area contributed by atoms with Crippen LogP contribution < -0.4 is 10.6 Å². The molecule has 0 spiro atoms. The lowest BCUT2D eigenvalue weighted by atomic mass is 10.0. The van der Waals surface area contributed by atoms with Gasteiger partial charge in [0.1, 0.15) is 0 Å². The molecule has 8 heteroatoms. The molecule has 0 aliphatic carbocycles. The average Bonchev–Trinajstić information content (AvgIpc) is 3.22. The predicted octanol–water partition coefficient (Wildman–Crippen LogP) is 2.16. The summed E-state index contributed by atoms with van der Waals surface area (Å²) in [4.78, 5) is 20.8. The Morgan fingerprint density at radius 3 is 2.73 bits per heavy atom. The maximum Gasteiger partial charge on any atom is 0.222 e. The van der Waals surface area contributed by atoms with Crippen molar-refractivity contribution < 1.29 is 9.53 Å². The molecule has 3 rings (SSSR count). The highest BCUT2D eigenvalue weighted by Crippen LogP contribution is 2.22. The number of morpholine rings is 1. The lowest BCUT2D eigenvalue weighted by Crippen LogP contribution is -2.49. The van der Waals surface area contributed by atoms with E-state index in [-0.39, 0.29) is 42.0 Å². The molecule has 2 fully saturated rings. The molecule has 0 radical (unpaired) electrons. The fourth-order valence-corrected chi connectivity index (χ4v) is 4.13. The quantitative estimate of drug-likeness (QED) is 0.336. The van der Waals surface area contributed by atoms with Crippen LogP contribution in [0.3, 0.4) is 0 Å². The predicted molar refractivity (Wildman–Crippen MR) is 132 cm³/mol. The van der Waals surface area contributed by atoms with E-state index in [1.807, 2.05) is 11.8 Å². The zero-order chi connectivity index (χ0) is 20.6. The number of hydrogen-bond acceptors (Lipinski definition) is 4. The minimum atomic E-state index is 0. The number of likely N-dealkylation sites (tertiary alicyclic amines) is 1. The lowest BCUT2D eigenvalue weighted by molar-refractivity contribution is -0.129. The fourth-order valence-electron chi connectivity index (χ4n) is 4.13. The van der Waals surface area contributed by atoms with Gasteiger partial charge in [-0.05, 0) is 18.9 Å². The highest BCUT2D eigenvalue weighted by atomic mass is 127. The molecule has 2 atom stereocenters. The van der Waals surface area contributed by atoms with Gasteiger partial charge in [0.2, 0.25) is 5.91 Å². The summed E-state index contributed by atoms with van der Waals surface area (Å²) < 4.78 is 5.55. The van der Waals surface area contributed by atoms with E-state index in [9.17, 15) is 4.79 Å². The second-order valence-electron chi connectivity index (χ2n) is 7.85. The second kappa shape index (κ2) is 12.5. The number of ether oxygens (including phenoxy) is 1. The topological polar surface area (TPSA) is 69.2 Å². The maximum absolute atomic E-state index is 11.9. The largest absolute Gasteiger partial charge is 0.379 e. The van der Waals surface area contributed by atoms with Crippen LogP contribution in [0, 0.1) is 6.92 Å². The van der Waals surface area contributed by atoms with Crippen LogP contribution in [-0.4, -0.2) is 80.7 Å². The molecule has 2 aliphatic heterocycles. The van der Waals surface area contributed by atoms with E-state index in [2.05, 4.69) is 51.7 Å². The van der Waals surface area contributed by atoms with Crippen LogP contribution in [0.2, 0.25) is 0 Å². The number of carbonyl (C=O) groups excluding carboxylic acids is 1. The Kier molecular flexibility index (Phi) is 10.3. The van der Waals surface area contributed by atoms with Crippen molar-refractivity contribution in [2.45, 2.75) is 38.8 Å². The third-order valence-electron chi connectivity index (χ3n) is 5.78. The molecule has 0 saturated carbocycles. The first-order valence-corrected chi connectivity index (χ1v) is 10.7. The molecule has 0 aromatic heterocycles. The summed E-state index contributed by atoms with van der Waals surface area (Å²) in [5.74, 6) is 1.02. The van der Waals surface area contributed by atoms with Gasteiger partial charge in [-0.25, -0.2) is 0 Å². The number of benzene rings is 1. The maximum atomic E-state index is 11.9. The molecule has 2 heterocycles. The summed E-state index contributed by atoms with van der Waals surface area (Å²) in [5, 5.41) is 7.02. The van der Waals surface area contributed by atoms with Gasteiger partial charge in [-0.2, -0.15) is 0 Å². The Morgan fingerprint density at radius 1 is 1.30 bits per heavy atom. The number of guanidine groups is 1. The third-order valence-corrected chi connectivity index (χ3v) is 5.78. The minimum absolute atomic E-state index is 0. The van der Waals surface area contributed by atoms with Gasteiger partial charge < -0.3 is 20.3 Å². The number of carbonyl (C=O) groups is 1. The van der Waals surface area contributed by atoms with E-state index in [1.54, 1.807) is 7.05 Å². The number of hydrogen-bond donors (Lipinski definition) is 2. The molecule has 1 aromatic carbocycles. The minimum Gasteiger partial charge on any atom is -0.379 e. The Bertz CT molecular complexity index is 709. The molecular weight excluding hydrogens is 493 g/mol. The number of rotatable bonds is 6. The number of aryl methyl sites for hydroxylation is 1. The van der Waals surface area contributed by atoms with E-state index < -0.39 is 0 Å². The summed E-state index contributed by atoms with van der Waals surface area (Å²) in [7, 11) is 1.80. The number of halogens is 1. The fraction of sp³-hybridized carbons (Fsp3) is 0.636. The third kappa shape index (κ3) is 6.81. The van der Waals surface area contributed by atoms with E-state index in [1.165, 1.54) is 11.1 Å². The zero-order valence-corrected chi connectivity index (χ0v) is 20.7. The molecule has 0 bridgehead atoms. The molecule has 1 aromatic rings. The van der Waals surface area contributed by atoms with Gasteiger partial charge in [0.05, 0.1) is 19.3 Å². The van der Waals surface area contributed by atoms with E-state index in [0.717, 1.165) is 58.3 Å². The molecule has 7 nitrogen and oxygen atoms in total. The van der Waals surface area contributed by atoms with Gasteiger partial charge in [-0.1, -0.05) is 36.8 Å². The Labute approximate surface area is 197 Å². The normalized spacial score (nSPS) is 21.1. The molecule has 30 heavy (non-hydrogen) atoms. The SMILES string of the molecule is CCC(=O)N1CCC(NC(=NC)NCC(c2cccc(C)c2)N2CCOCC2)C1.I. The van der Waals surface area contributed by atoms with Crippen LogP contribution in [0.1, 0.15) is 36.9 Å². The van der Waals surface area contributed by atoms with Crippen molar-refractivity contribution in [3.63, 3.8) is 0 Å². The second-order valence-corrected chi connectivity index (χ2v) is 7.85. The Morgan fingerprint density at radius 2 is 2.07 bits per heavy atom. The monoisotopic (exact) mass is 529 g/mol. The Hall–Kier alpha value is -1.39. The average molecular weight is 529 g/mol. The van der Waals surface area contributed by atoms with Crippen molar-refractivity contribution in [3.05, 3.63) is 35.4 Å². The van der Waals surface area contributed by atoms with Crippen molar-refractivity contribution in [3.8, 4) is 0 Å². The summed E-state index contributed by atoms with van der Waals surface area (Å²) in [6.45, 7) is 9.81. The molecule has 168 valence electrons. The van der Waals surface area contributed by atoms with E-state index >= 15 is 0 Å². The summed E-state index contributed by atoms with van der Waals surface area (Å²) in [6.07, 6.45) is 1.52. The van der Waals surface area contributed by atoms with Crippen LogP contribution in [0.4, 0.5) is 0 Å². The van der Waals surface area contributed by atoms with Crippen LogP contribution in [0.15, 0.2) is 29.3 Å². The summed E-state index contributed by atoms with van der Waals surface area (Å²) in [6, 6.07) is 9.25. The van der Waals surface area contributed by atoms with Crippen LogP contribution in [0.25, 0.3) is 0 Å². The molecular formula is C22H36IN5O2. The number of amides is 1. The van der Waals surface area contributed by atoms with Gasteiger partial charge >= 0.3 is 0 Å². The van der Waals surface area contributed by atoms with Crippen molar-refractivity contribution in [1.82, 2.24) is 20.4 Å². The number of nitrogens with zero attached hydrogens (tertiary/aromatic N) is 3. The molecule has 2 unspecified atom stereocenters. The Balaban J connectivity index is 0.00000320. The van der Waals surface area contributed by atoms with Gasteiger partial charge in [-0.3, -0.25) is 14.7 Å². The van der Waals surface area contributed by atoms with E-state index in [4.69, 9.17) is 4.74 Å². The smallest absolute Gasteiger partial charge is 0.222 e. The zero-order valence-electron chi connectivity index (χ0n) is 18.4. The summed E-state index contributed by atoms with van der Waals surface area (Å²) >= 11 is 0. The molecule has 2 N–H and O–H groups in total. The van der Waals surface area contributed by atoms with Gasteiger partial charge in [0.15, 0.2) is 5.96 Å². The van der Waals surface area contributed by atoms with Gasteiger partial charge in [0, 0.05) is 52.2 Å². The molecule has 2 aliphatic rings. The van der Waals surface area contributed by atoms with Crippen molar-refractivity contribution >= 4 is 35.8 Å². The van der Waals surface area contributed by atoms with Crippen molar-refractivity contribution in [2.75, 3.05) is 53.0 Å². The first kappa shape index (κ1) is 24.9. The number of aliphatic imine (C=N–C) groups is 1. The van der Waals surface area contributed by atoms with E-state index in [0.29, 0.717) is 6.42 Å². The van der Waals surface area contributed by atoms with Gasteiger partial charge in [0.25, 0.3) is 0 Å². The highest BCUT2D eigenvalue weighted by molar-refractivity contribution is 14.0. The van der Waals surface area contributed by atoms with Gasteiger partial charge in [-0.15, -0.1) is 24.0 Å². The standard InChI is InChI=1S/C22H35N5O2.HI/c1-4-21(28)27-9-8-19(16-27)25-22(23-3)24-15-20(26-10-12-29-13-11-26)18-7-5-6-17(2)14-18;/h5-7,14,19-20H,4,8-13,15-16H2,1-3H3,(H2,23,24,25);1H. The number of nitrogens with one attached hydrogen (secondary N) is 2. The van der Waals surface area contributed by atoms with Crippen molar-refractivity contribution in [1.29, 1.82) is 0 Å². The van der Waals surface area contributed by atoms with Crippen LogP contribution in [-0.2, 0) is 9.53 Å². The molecule has 1 amide bonds. The first-order chi connectivity index (χ1) is 14.1. The highest BCUT2D eigenvalue weighted by Gasteiger charge is 2.27. The molecule has 2 saturated heterocycles. The first-order valence-electron chi connectivity index (χ1n) is 10.7. The lowest BCUT2D eigenvalue weighted by Gasteiger charge is -2.35. The van der Waals surface area contributed by atoms with Crippen LogP contribution >= 0.6 is 24.0 Å².